The predicted octanol–water partition coefficient (Wildman–Crippen LogP) is 2.20. The maximum absolute atomic E-state index is 11.6. The molecule has 0 radical (unpaired) electrons. The highest BCUT2D eigenvalue weighted by molar-refractivity contribution is 5.97. The number of carbonyl (C=O) groups is 1. The minimum atomic E-state index is -0.235. The maximum atomic E-state index is 11.6. The second-order valence-electron chi connectivity index (χ2n) is 3.60. The maximum Gasteiger partial charge on any atom is 0.334 e. The van der Waals surface area contributed by atoms with Crippen LogP contribution in [0.3, 0.4) is 0 Å². The van der Waals surface area contributed by atoms with E-state index in [1.807, 2.05) is 24.3 Å². The van der Waals surface area contributed by atoms with Gasteiger partial charge in [0.05, 0.1) is 13.7 Å². The van der Waals surface area contributed by atoms with Crippen molar-refractivity contribution in [3.05, 3.63) is 34.9 Å². The van der Waals surface area contributed by atoms with Crippen LogP contribution in [0, 0.1) is 0 Å². The van der Waals surface area contributed by atoms with Gasteiger partial charge in [0.25, 0.3) is 0 Å². The Kier molecular flexibility index (Phi) is 2.95. The van der Waals surface area contributed by atoms with Crippen LogP contribution >= 0.6 is 0 Å². The standard InChI is InChI=1S/C13H14O3/c1-3-16-13(14)10-7-9-5-4-6-12(15-2)11(9)8-10/h4-6,8H,3,7H2,1-2H3. The Morgan fingerprint density at radius 1 is 1.44 bits per heavy atom. The van der Waals surface area contributed by atoms with Crippen molar-refractivity contribution >= 4 is 12.0 Å². The molecule has 0 bridgehead atoms. The number of fused-ring (bicyclic) bond motifs is 1. The fourth-order valence-electron chi connectivity index (χ4n) is 1.87. The van der Waals surface area contributed by atoms with Crippen LogP contribution in [0.5, 0.6) is 5.75 Å². The average Bonchev–Trinajstić information content (AvgIpc) is 2.72. The molecule has 1 aromatic rings. The van der Waals surface area contributed by atoms with Gasteiger partial charge < -0.3 is 9.47 Å². The molecule has 0 heterocycles. The topological polar surface area (TPSA) is 35.5 Å². The van der Waals surface area contributed by atoms with E-state index in [0.717, 1.165) is 16.9 Å². The first-order valence-corrected chi connectivity index (χ1v) is 5.29. The zero-order chi connectivity index (χ0) is 11.5. The smallest absolute Gasteiger partial charge is 0.334 e. The molecule has 16 heavy (non-hydrogen) atoms. The molecule has 0 unspecified atom stereocenters. The summed E-state index contributed by atoms with van der Waals surface area (Å²) in [6, 6.07) is 5.82. The van der Waals surface area contributed by atoms with Crippen LogP contribution in [0.1, 0.15) is 18.1 Å². The molecule has 2 rings (SSSR count). The molecule has 1 aliphatic carbocycles. The number of methoxy groups -OCH3 is 1. The highest BCUT2D eigenvalue weighted by Crippen LogP contribution is 2.32. The molecular weight excluding hydrogens is 204 g/mol. The van der Waals surface area contributed by atoms with Crippen molar-refractivity contribution in [2.24, 2.45) is 0 Å². The SMILES string of the molecule is CCOC(=O)C1=Cc2c(cccc2OC)C1. The first kappa shape index (κ1) is 10.7. The summed E-state index contributed by atoms with van der Waals surface area (Å²) in [6.07, 6.45) is 2.48. The monoisotopic (exact) mass is 218 g/mol. The fraction of sp³-hybridized carbons (Fsp3) is 0.308. The Hall–Kier alpha value is -1.77. The van der Waals surface area contributed by atoms with E-state index in [4.69, 9.17) is 9.47 Å². The summed E-state index contributed by atoms with van der Waals surface area (Å²) >= 11 is 0. The van der Waals surface area contributed by atoms with Gasteiger partial charge in [-0.1, -0.05) is 12.1 Å². The van der Waals surface area contributed by atoms with Crippen molar-refractivity contribution in [1.82, 2.24) is 0 Å². The molecule has 0 saturated carbocycles. The summed E-state index contributed by atoms with van der Waals surface area (Å²) in [6.45, 7) is 2.21. The van der Waals surface area contributed by atoms with Crippen molar-refractivity contribution in [3.63, 3.8) is 0 Å². The van der Waals surface area contributed by atoms with Gasteiger partial charge in [0.1, 0.15) is 5.75 Å². The van der Waals surface area contributed by atoms with E-state index < -0.39 is 0 Å². The average molecular weight is 218 g/mol. The highest BCUT2D eigenvalue weighted by atomic mass is 16.5. The lowest BCUT2D eigenvalue weighted by Crippen LogP contribution is -2.07. The van der Waals surface area contributed by atoms with Crippen LogP contribution in [0.15, 0.2) is 23.8 Å². The summed E-state index contributed by atoms with van der Waals surface area (Å²) < 4.78 is 10.2. The van der Waals surface area contributed by atoms with Gasteiger partial charge >= 0.3 is 5.97 Å². The number of hydrogen-bond acceptors (Lipinski definition) is 3. The molecule has 0 aliphatic heterocycles. The Balaban J connectivity index is 2.29. The number of ether oxygens (including phenoxy) is 2. The van der Waals surface area contributed by atoms with E-state index in [0.29, 0.717) is 18.6 Å². The highest BCUT2D eigenvalue weighted by Gasteiger charge is 2.21. The first-order chi connectivity index (χ1) is 7.76. The van der Waals surface area contributed by atoms with Crippen LogP contribution < -0.4 is 4.74 Å². The minimum absolute atomic E-state index is 0.235. The fourth-order valence-corrected chi connectivity index (χ4v) is 1.87. The van der Waals surface area contributed by atoms with Crippen LogP contribution in [-0.2, 0) is 16.0 Å². The van der Waals surface area contributed by atoms with Crippen LogP contribution in [-0.4, -0.2) is 19.7 Å². The molecule has 0 spiro atoms. The molecule has 0 fully saturated rings. The van der Waals surface area contributed by atoms with Crippen molar-refractivity contribution in [2.75, 3.05) is 13.7 Å². The van der Waals surface area contributed by atoms with E-state index in [1.165, 1.54) is 0 Å². The van der Waals surface area contributed by atoms with Gasteiger partial charge in [0, 0.05) is 17.6 Å². The molecular formula is C13H14O3. The first-order valence-electron chi connectivity index (χ1n) is 5.29. The van der Waals surface area contributed by atoms with Crippen LogP contribution in [0.4, 0.5) is 0 Å². The van der Waals surface area contributed by atoms with Crippen LogP contribution in [0.25, 0.3) is 6.08 Å². The van der Waals surface area contributed by atoms with E-state index >= 15 is 0 Å². The second kappa shape index (κ2) is 4.39. The molecule has 1 aromatic carbocycles. The Labute approximate surface area is 94.7 Å². The third-order valence-electron chi connectivity index (χ3n) is 2.61. The number of carbonyl (C=O) groups excluding carboxylic acids is 1. The van der Waals surface area contributed by atoms with Crippen molar-refractivity contribution < 1.29 is 14.3 Å². The van der Waals surface area contributed by atoms with Crippen molar-refractivity contribution in [2.45, 2.75) is 13.3 Å². The van der Waals surface area contributed by atoms with Gasteiger partial charge in [-0.2, -0.15) is 0 Å². The molecule has 0 N–H and O–H groups in total. The molecule has 3 heteroatoms. The quantitative estimate of drug-likeness (QED) is 0.729. The van der Waals surface area contributed by atoms with Gasteiger partial charge in [-0.15, -0.1) is 0 Å². The largest absolute Gasteiger partial charge is 0.496 e. The number of rotatable bonds is 3. The number of esters is 1. The lowest BCUT2D eigenvalue weighted by atomic mass is 10.1. The van der Waals surface area contributed by atoms with Gasteiger partial charge in [0.2, 0.25) is 0 Å². The summed E-state index contributed by atoms with van der Waals surface area (Å²) in [5.41, 5.74) is 2.80. The van der Waals surface area contributed by atoms with Crippen LogP contribution in [0.2, 0.25) is 0 Å². The summed E-state index contributed by atoms with van der Waals surface area (Å²) in [5, 5.41) is 0. The Morgan fingerprint density at radius 3 is 2.94 bits per heavy atom. The number of benzene rings is 1. The molecule has 0 saturated heterocycles. The molecule has 1 aliphatic rings. The lowest BCUT2D eigenvalue weighted by molar-refractivity contribution is -0.138. The zero-order valence-corrected chi connectivity index (χ0v) is 9.45. The zero-order valence-electron chi connectivity index (χ0n) is 9.45. The lowest BCUT2D eigenvalue weighted by Gasteiger charge is -2.04. The van der Waals surface area contributed by atoms with Crippen molar-refractivity contribution in [3.8, 4) is 5.75 Å². The van der Waals surface area contributed by atoms with Gasteiger partial charge in [-0.3, -0.25) is 0 Å². The van der Waals surface area contributed by atoms with Gasteiger partial charge in [-0.25, -0.2) is 4.79 Å². The van der Waals surface area contributed by atoms with Gasteiger partial charge in [0.15, 0.2) is 0 Å². The summed E-state index contributed by atoms with van der Waals surface area (Å²) in [4.78, 5) is 11.6. The van der Waals surface area contributed by atoms with E-state index in [2.05, 4.69) is 0 Å². The summed E-state index contributed by atoms with van der Waals surface area (Å²) in [7, 11) is 1.63. The predicted molar refractivity (Wildman–Crippen MR) is 61.3 cm³/mol. The summed E-state index contributed by atoms with van der Waals surface area (Å²) in [5.74, 6) is 0.567. The van der Waals surface area contributed by atoms with E-state index in [9.17, 15) is 4.79 Å². The van der Waals surface area contributed by atoms with E-state index in [1.54, 1.807) is 14.0 Å². The Bertz CT molecular complexity index is 446. The van der Waals surface area contributed by atoms with E-state index in [-0.39, 0.29) is 5.97 Å². The third-order valence-corrected chi connectivity index (χ3v) is 2.61. The molecule has 0 atom stereocenters. The Morgan fingerprint density at radius 2 is 2.25 bits per heavy atom. The minimum Gasteiger partial charge on any atom is -0.496 e. The molecule has 0 amide bonds. The normalized spacial score (nSPS) is 13.0. The van der Waals surface area contributed by atoms with Gasteiger partial charge in [-0.05, 0) is 24.6 Å². The third kappa shape index (κ3) is 1.81. The number of hydrogen-bond donors (Lipinski definition) is 0. The molecule has 84 valence electrons. The van der Waals surface area contributed by atoms with Crippen molar-refractivity contribution in [1.29, 1.82) is 0 Å². The molecule has 3 nitrogen and oxygen atoms in total. The molecule has 0 aromatic heterocycles. The second-order valence-corrected chi connectivity index (χ2v) is 3.60.